The van der Waals surface area contributed by atoms with E-state index in [-0.39, 0.29) is 17.5 Å². The molecule has 1 saturated heterocycles. The van der Waals surface area contributed by atoms with Gasteiger partial charge in [-0.3, -0.25) is 14.9 Å². The van der Waals surface area contributed by atoms with E-state index in [1.54, 1.807) is 46.2 Å². The highest BCUT2D eigenvalue weighted by Gasteiger charge is 2.28. The molecule has 1 aliphatic heterocycles. The number of aryl methyl sites for hydroxylation is 1. The van der Waals surface area contributed by atoms with Crippen molar-refractivity contribution in [2.45, 2.75) is 28.8 Å². The van der Waals surface area contributed by atoms with Gasteiger partial charge in [-0.05, 0) is 36.7 Å². The normalized spacial score (nSPS) is 16.7. The number of piperidine rings is 1. The summed E-state index contributed by atoms with van der Waals surface area (Å²) in [7, 11) is 1.77. The molecule has 150 valence electrons. The Balaban J connectivity index is 1.56. The number of carbonyl (C=O) groups excluding carboxylic acids is 1. The van der Waals surface area contributed by atoms with E-state index in [1.165, 1.54) is 12.4 Å². The third kappa shape index (κ3) is 4.15. The standard InChI is InChI=1S/C18H18N6O3S2/c1-22-11-20-21-18(22)29-15-5-4-12(9-14(15)24(26)27)17(25)23-7-2-3-13(10-23)16-19-6-8-28-16/h4-6,8-9,11,13H,2-3,7,10H2,1H3. The molecule has 1 aliphatic rings. The lowest BCUT2D eigenvalue weighted by molar-refractivity contribution is -0.387. The lowest BCUT2D eigenvalue weighted by atomic mass is 9.98. The van der Waals surface area contributed by atoms with Gasteiger partial charge in [-0.25, -0.2) is 4.98 Å². The number of nitrogens with zero attached hydrogens (tertiary/aromatic N) is 6. The van der Waals surface area contributed by atoms with Gasteiger partial charge in [-0.1, -0.05) is 0 Å². The molecule has 0 N–H and O–H groups in total. The summed E-state index contributed by atoms with van der Waals surface area (Å²) in [6, 6.07) is 4.60. The number of nitro benzene ring substituents is 1. The van der Waals surface area contributed by atoms with Crippen LogP contribution in [0.1, 0.15) is 34.1 Å². The number of amides is 1. The van der Waals surface area contributed by atoms with Crippen LogP contribution >= 0.6 is 23.1 Å². The molecule has 0 aliphatic carbocycles. The number of nitro groups is 1. The van der Waals surface area contributed by atoms with Gasteiger partial charge in [0.15, 0.2) is 5.16 Å². The van der Waals surface area contributed by atoms with Gasteiger partial charge in [0, 0.05) is 49.3 Å². The van der Waals surface area contributed by atoms with Gasteiger partial charge >= 0.3 is 0 Å². The van der Waals surface area contributed by atoms with Gasteiger partial charge < -0.3 is 9.47 Å². The Bertz CT molecular complexity index is 1040. The molecular formula is C18H18N6O3S2. The molecule has 1 unspecified atom stereocenters. The molecule has 0 bridgehead atoms. The minimum absolute atomic E-state index is 0.114. The zero-order valence-electron chi connectivity index (χ0n) is 15.6. The second-order valence-electron chi connectivity index (χ2n) is 6.73. The number of hydrogen-bond acceptors (Lipinski definition) is 8. The first kappa shape index (κ1) is 19.5. The van der Waals surface area contributed by atoms with E-state index in [0.29, 0.717) is 28.7 Å². The highest BCUT2D eigenvalue weighted by molar-refractivity contribution is 7.99. The quantitative estimate of drug-likeness (QED) is 0.451. The number of thiazole rings is 1. The minimum atomic E-state index is -0.468. The maximum Gasteiger partial charge on any atom is 0.284 e. The van der Waals surface area contributed by atoms with E-state index in [4.69, 9.17) is 0 Å². The van der Waals surface area contributed by atoms with Crippen LogP contribution in [0.25, 0.3) is 0 Å². The second-order valence-corrected chi connectivity index (χ2v) is 8.66. The van der Waals surface area contributed by atoms with Crippen LogP contribution in [0.2, 0.25) is 0 Å². The largest absolute Gasteiger partial charge is 0.338 e. The van der Waals surface area contributed by atoms with Crippen LogP contribution in [0.5, 0.6) is 0 Å². The summed E-state index contributed by atoms with van der Waals surface area (Å²) in [5.74, 6) is 0.0259. The molecule has 0 spiro atoms. The lowest BCUT2D eigenvalue weighted by Crippen LogP contribution is -2.39. The van der Waals surface area contributed by atoms with Crippen LogP contribution in [0.4, 0.5) is 5.69 Å². The van der Waals surface area contributed by atoms with E-state index >= 15 is 0 Å². The first-order valence-electron chi connectivity index (χ1n) is 9.02. The van der Waals surface area contributed by atoms with Gasteiger partial charge in [-0.2, -0.15) is 0 Å². The Morgan fingerprint density at radius 1 is 1.41 bits per heavy atom. The predicted molar refractivity (Wildman–Crippen MR) is 108 cm³/mol. The topological polar surface area (TPSA) is 107 Å². The van der Waals surface area contributed by atoms with Crippen LogP contribution in [0, 0.1) is 10.1 Å². The number of likely N-dealkylation sites (tertiary alicyclic amines) is 1. The van der Waals surface area contributed by atoms with Crippen molar-refractivity contribution in [3.8, 4) is 0 Å². The Labute approximate surface area is 174 Å². The SMILES string of the molecule is Cn1cnnc1Sc1ccc(C(=O)N2CCCC(c3nccs3)C2)cc1[N+](=O)[O-]. The summed E-state index contributed by atoms with van der Waals surface area (Å²) in [6.07, 6.45) is 5.18. The molecule has 2 aromatic heterocycles. The van der Waals surface area contributed by atoms with Crippen molar-refractivity contribution in [2.75, 3.05) is 13.1 Å². The van der Waals surface area contributed by atoms with Crippen LogP contribution in [0.3, 0.4) is 0 Å². The fourth-order valence-electron chi connectivity index (χ4n) is 3.32. The van der Waals surface area contributed by atoms with Crippen molar-refractivity contribution < 1.29 is 9.72 Å². The Kier molecular flexibility index (Phi) is 5.58. The van der Waals surface area contributed by atoms with Crippen molar-refractivity contribution in [2.24, 2.45) is 7.05 Å². The summed E-state index contributed by atoms with van der Waals surface area (Å²) in [5.41, 5.74) is 0.205. The first-order valence-corrected chi connectivity index (χ1v) is 10.7. The zero-order chi connectivity index (χ0) is 20.4. The number of benzene rings is 1. The molecule has 1 atom stereocenters. The van der Waals surface area contributed by atoms with Gasteiger partial charge in [0.2, 0.25) is 0 Å². The molecule has 0 saturated carbocycles. The van der Waals surface area contributed by atoms with E-state index in [0.717, 1.165) is 29.6 Å². The predicted octanol–water partition coefficient (Wildman–Crippen LogP) is 3.35. The highest BCUT2D eigenvalue weighted by atomic mass is 32.2. The van der Waals surface area contributed by atoms with Gasteiger partial charge in [0.05, 0.1) is 14.8 Å². The van der Waals surface area contributed by atoms with Crippen LogP contribution in [-0.2, 0) is 7.05 Å². The minimum Gasteiger partial charge on any atom is -0.338 e. The number of rotatable bonds is 5. The first-order chi connectivity index (χ1) is 14.0. The summed E-state index contributed by atoms with van der Waals surface area (Å²) in [6.45, 7) is 1.22. The van der Waals surface area contributed by atoms with Crippen LogP contribution < -0.4 is 0 Å². The van der Waals surface area contributed by atoms with Gasteiger partial charge in [0.25, 0.3) is 11.6 Å². The van der Waals surface area contributed by atoms with E-state index in [1.807, 2.05) is 5.38 Å². The molecule has 29 heavy (non-hydrogen) atoms. The molecule has 0 radical (unpaired) electrons. The second kappa shape index (κ2) is 8.29. The molecule has 1 amide bonds. The van der Waals surface area contributed by atoms with E-state index < -0.39 is 4.92 Å². The smallest absolute Gasteiger partial charge is 0.284 e. The molecule has 3 aromatic rings. The summed E-state index contributed by atoms with van der Waals surface area (Å²) in [4.78, 5) is 30.7. The maximum absolute atomic E-state index is 13.0. The molecule has 1 fully saturated rings. The third-order valence-electron chi connectivity index (χ3n) is 4.78. The van der Waals surface area contributed by atoms with E-state index in [2.05, 4.69) is 15.2 Å². The average Bonchev–Trinajstić information content (AvgIpc) is 3.40. The summed E-state index contributed by atoms with van der Waals surface area (Å²) < 4.78 is 1.68. The highest BCUT2D eigenvalue weighted by Crippen LogP contribution is 2.35. The summed E-state index contributed by atoms with van der Waals surface area (Å²) >= 11 is 2.74. The third-order valence-corrected chi connectivity index (χ3v) is 6.84. The Morgan fingerprint density at radius 3 is 2.97 bits per heavy atom. The number of carbonyl (C=O) groups is 1. The molecule has 3 heterocycles. The van der Waals surface area contributed by atoms with Crippen molar-refractivity contribution in [3.05, 3.63) is 56.8 Å². The van der Waals surface area contributed by atoms with Crippen molar-refractivity contribution >= 4 is 34.7 Å². The maximum atomic E-state index is 13.0. The van der Waals surface area contributed by atoms with E-state index in [9.17, 15) is 14.9 Å². The van der Waals surface area contributed by atoms with Crippen LogP contribution in [0.15, 0.2) is 46.2 Å². The fraction of sp³-hybridized carbons (Fsp3) is 0.333. The van der Waals surface area contributed by atoms with Gasteiger partial charge in [0.1, 0.15) is 6.33 Å². The Hall–Kier alpha value is -2.79. The van der Waals surface area contributed by atoms with Crippen molar-refractivity contribution in [1.82, 2.24) is 24.6 Å². The number of hydrogen-bond donors (Lipinski definition) is 0. The molecule has 11 heteroatoms. The van der Waals surface area contributed by atoms with Crippen molar-refractivity contribution in [3.63, 3.8) is 0 Å². The number of aromatic nitrogens is 4. The average molecular weight is 431 g/mol. The van der Waals surface area contributed by atoms with Crippen molar-refractivity contribution in [1.29, 1.82) is 0 Å². The Morgan fingerprint density at radius 2 is 2.28 bits per heavy atom. The molecule has 4 rings (SSSR count). The molecular weight excluding hydrogens is 412 g/mol. The fourth-order valence-corrected chi connectivity index (χ4v) is 4.94. The van der Waals surface area contributed by atoms with Crippen LogP contribution in [-0.4, -0.2) is 48.6 Å². The molecule has 9 nitrogen and oxygen atoms in total. The monoisotopic (exact) mass is 430 g/mol. The lowest BCUT2D eigenvalue weighted by Gasteiger charge is -2.31. The molecule has 1 aromatic carbocycles. The van der Waals surface area contributed by atoms with Gasteiger partial charge in [-0.15, -0.1) is 21.5 Å². The summed E-state index contributed by atoms with van der Waals surface area (Å²) in [5, 5.41) is 22.8. The zero-order valence-corrected chi connectivity index (χ0v) is 17.2.